The standard InChI is InChI=1S/C52H35NO/c1-4-16-36(17-5-1)38-30-32-42(33-31-38)53(48-27-13-12-24-43(48)39-20-8-3-9-21-39)49-28-15-29-50-51(49)47-35-46(44-25-10-11-26-45(44)52(47)54-50)41-23-14-22-40(34-41)37-18-6-2-7-19-37/h1-35H. The van der Waals surface area contributed by atoms with Gasteiger partial charge in [0, 0.05) is 22.0 Å². The van der Waals surface area contributed by atoms with E-state index in [4.69, 9.17) is 4.42 Å². The number of rotatable bonds is 7. The third-order valence-electron chi connectivity index (χ3n) is 10.5. The number of nitrogens with zero attached hydrogens (tertiary/aromatic N) is 1. The van der Waals surface area contributed by atoms with Gasteiger partial charge < -0.3 is 9.32 Å². The van der Waals surface area contributed by atoms with Gasteiger partial charge in [-0.1, -0.05) is 170 Å². The maximum Gasteiger partial charge on any atom is 0.143 e. The van der Waals surface area contributed by atoms with Crippen LogP contribution < -0.4 is 4.90 Å². The zero-order chi connectivity index (χ0) is 35.8. The first-order chi connectivity index (χ1) is 26.8. The number of hydrogen-bond donors (Lipinski definition) is 0. The van der Waals surface area contributed by atoms with Gasteiger partial charge in [0.1, 0.15) is 11.2 Å². The van der Waals surface area contributed by atoms with Gasteiger partial charge in [-0.2, -0.15) is 0 Å². The van der Waals surface area contributed by atoms with Crippen molar-refractivity contribution in [2.45, 2.75) is 0 Å². The van der Waals surface area contributed by atoms with Crippen LogP contribution in [0.4, 0.5) is 17.1 Å². The molecule has 0 radical (unpaired) electrons. The van der Waals surface area contributed by atoms with Crippen molar-refractivity contribution in [2.75, 3.05) is 4.90 Å². The van der Waals surface area contributed by atoms with E-state index in [1.807, 2.05) is 0 Å². The highest BCUT2D eigenvalue weighted by molar-refractivity contribution is 6.22. The van der Waals surface area contributed by atoms with Crippen molar-refractivity contribution in [3.8, 4) is 44.5 Å². The molecule has 254 valence electrons. The van der Waals surface area contributed by atoms with Gasteiger partial charge in [-0.15, -0.1) is 0 Å². The van der Waals surface area contributed by atoms with E-state index in [1.54, 1.807) is 0 Å². The fraction of sp³-hybridized carbons (Fsp3) is 0. The molecule has 0 bridgehead atoms. The molecule has 0 N–H and O–H groups in total. The van der Waals surface area contributed by atoms with Crippen molar-refractivity contribution in [1.82, 2.24) is 0 Å². The summed E-state index contributed by atoms with van der Waals surface area (Å²) in [5.74, 6) is 0. The summed E-state index contributed by atoms with van der Waals surface area (Å²) in [6.45, 7) is 0. The summed E-state index contributed by atoms with van der Waals surface area (Å²) in [4.78, 5) is 2.40. The van der Waals surface area contributed by atoms with E-state index in [2.05, 4.69) is 217 Å². The second-order valence-corrected chi connectivity index (χ2v) is 13.7. The van der Waals surface area contributed by atoms with Crippen LogP contribution in [0.5, 0.6) is 0 Å². The van der Waals surface area contributed by atoms with Crippen molar-refractivity contribution in [1.29, 1.82) is 0 Å². The van der Waals surface area contributed by atoms with E-state index < -0.39 is 0 Å². The first-order valence-corrected chi connectivity index (χ1v) is 18.4. The summed E-state index contributed by atoms with van der Waals surface area (Å²) in [6.07, 6.45) is 0. The van der Waals surface area contributed by atoms with Gasteiger partial charge in [0.15, 0.2) is 0 Å². The smallest absolute Gasteiger partial charge is 0.143 e. The highest BCUT2D eigenvalue weighted by atomic mass is 16.3. The monoisotopic (exact) mass is 689 g/mol. The van der Waals surface area contributed by atoms with Gasteiger partial charge in [-0.25, -0.2) is 0 Å². The third kappa shape index (κ3) is 5.53. The van der Waals surface area contributed by atoms with E-state index in [0.29, 0.717) is 0 Å². The van der Waals surface area contributed by atoms with Crippen molar-refractivity contribution in [2.24, 2.45) is 0 Å². The normalized spacial score (nSPS) is 11.3. The summed E-state index contributed by atoms with van der Waals surface area (Å²) < 4.78 is 6.88. The number of hydrogen-bond acceptors (Lipinski definition) is 2. The zero-order valence-corrected chi connectivity index (χ0v) is 29.6. The van der Waals surface area contributed by atoms with Crippen LogP contribution in [0.25, 0.3) is 77.2 Å². The fourth-order valence-electron chi connectivity index (χ4n) is 7.92. The molecule has 0 atom stereocenters. The molecule has 0 spiro atoms. The molecule has 9 aromatic carbocycles. The lowest BCUT2D eigenvalue weighted by Gasteiger charge is -2.28. The summed E-state index contributed by atoms with van der Waals surface area (Å²) in [5.41, 5.74) is 14.4. The van der Waals surface area contributed by atoms with Crippen LogP contribution >= 0.6 is 0 Å². The molecule has 0 saturated carbocycles. The highest BCUT2D eigenvalue weighted by Gasteiger charge is 2.23. The summed E-state index contributed by atoms with van der Waals surface area (Å²) in [7, 11) is 0. The van der Waals surface area contributed by atoms with Gasteiger partial charge in [-0.05, 0) is 86.8 Å². The van der Waals surface area contributed by atoms with Crippen molar-refractivity contribution < 1.29 is 4.42 Å². The Morgan fingerprint density at radius 2 is 0.852 bits per heavy atom. The maximum absolute atomic E-state index is 6.88. The molecule has 0 saturated heterocycles. The number of furan rings is 1. The second-order valence-electron chi connectivity index (χ2n) is 13.7. The molecule has 54 heavy (non-hydrogen) atoms. The third-order valence-corrected chi connectivity index (χ3v) is 10.5. The predicted octanol–water partition coefficient (Wildman–Crippen LogP) is 14.9. The molecule has 0 amide bonds. The summed E-state index contributed by atoms with van der Waals surface area (Å²) in [5, 5.41) is 4.43. The van der Waals surface area contributed by atoms with E-state index in [-0.39, 0.29) is 0 Å². The molecule has 0 aliphatic heterocycles. The zero-order valence-electron chi connectivity index (χ0n) is 29.6. The first kappa shape index (κ1) is 31.6. The number of anilines is 3. The molecular formula is C52H35NO. The fourth-order valence-corrected chi connectivity index (χ4v) is 7.92. The molecule has 0 unspecified atom stereocenters. The summed E-state index contributed by atoms with van der Waals surface area (Å²) in [6, 6.07) is 75.7. The molecule has 0 fully saturated rings. The Bertz CT molecular complexity index is 2910. The molecule has 0 aliphatic carbocycles. The SMILES string of the molecule is c1ccc(-c2ccc(N(c3ccccc3-c3ccccc3)c3cccc4oc5c6ccccc6c(-c6cccc(-c7ccccc7)c6)cc5c34)cc2)cc1. The molecule has 1 heterocycles. The molecule has 2 heteroatoms. The van der Waals surface area contributed by atoms with Gasteiger partial charge in [0.2, 0.25) is 0 Å². The molecule has 10 aromatic rings. The van der Waals surface area contributed by atoms with Crippen LogP contribution in [0.2, 0.25) is 0 Å². The Kier molecular flexibility index (Phi) is 7.85. The lowest BCUT2D eigenvalue weighted by Crippen LogP contribution is -2.11. The molecule has 10 rings (SSSR count). The number of fused-ring (bicyclic) bond motifs is 5. The highest BCUT2D eigenvalue weighted by Crippen LogP contribution is 2.48. The van der Waals surface area contributed by atoms with Crippen molar-refractivity contribution in [3.05, 3.63) is 212 Å². The molecule has 2 nitrogen and oxygen atoms in total. The van der Waals surface area contributed by atoms with Crippen LogP contribution in [0.3, 0.4) is 0 Å². The molecular weight excluding hydrogens is 655 g/mol. The molecule has 1 aromatic heterocycles. The van der Waals surface area contributed by atoms with Gasteiger partial charge >= 0.3 is 0 Å². The summed E-state index contributed by atoms with van der Waals surface area (Å²) >= 11 is 0. The Hall–Kier alpha value is -7.16. The predicted molar refractivity (Wildman–Crippen MR) is 228 cm³/mol. The maximum atomic E-state index is 6.88. The lowest BCUT2D eigenvalue weighted by atomic mass is 9.93. The average Bonchev–Trinajstić information content (AvgIpc) is 3.65. The van der Waals surface area contributed by atoms with E-state index in [0.717, 1.165) is 55.5 Å². The number of para-hydroxylation sites is 1. The lowest BCUT2D eigenvalue weighted by molar-refractivity contribution is 0.672. The Morgan fingerprint density at radius 1 is 0.315 bits per heavy atom. The number of benzene rings is 9. The van der Waals surface area contributed by atoms with Crippen molar-refractivity contribution in [3.63, 3.8) is 0 Å². The average molecular weight is 690 g/mol. The Morgan fingerprint density at radius 3 is 1.59 bits per heavy atom. The first-order valence-electron chi connectivity index (χ1n) is 18.4. The van der Waals surface area contributed by atoms with Crippen LogP contribution in [0.1, 0.15) is 0 Å². The molecule has 0 aliphatic rings. The Balaban J connectivity index is 1.24. The quantitative estimate of drug-likeness (QED) is 0.166. The van der Waals surface area contributed by atoms with E-state index >= 15 is 0 Å². The second kappa shape index (κ2) is 13.4. The van der Waals surface area contributed by atoms with Crippen LogP contribution in [0, 0.1) is 0 Å². The van der Waals surface area contributed by atoms with Gasteiger partial charge in [0.05, 0.1) is 16.8 Å². The minimum atomic E-state index is 0.853. The minimum Gasteiger partial charge on any atom is -0.455 e. The van der Waals surface area contributed by atoms with E-state index in [9.17, 15) is 0 Å². The van der Waals surface area contributed by atoms with Crippen LogP contribution in [-0.2, 0) is 0 Å². The van der Waals surface area contributed by atoms with Crippen LogP contribution in [-0.4, -0.2) is 0 Å². The topological polar surface area (TPSA) is 16.4 Å². The van der Waals surface area contributed by atoms with Gasteiger partial charge in [0.25, 0.3) is 0 Å². The van der Waals surface area contributed by atoms with Crippen molar-refractivity contribution >= 4 is 49.8 Å². The van der Waals surface area contributed by atoms with Crippen LogP contribution in [0.15, 0.2) is 217 Å². The largest absolute Gasteiger partial charge is 0.455 e. The Labute approximate surface area is 314 Å². The minimum absolute atomic E-state index is 0.853. The van der Waals surface area contributed by atoms with Gasteiger partial charge in [-0.3, -0.25) is 0 Å². The van der Waals surface area contributed by atoms with E-state index in [1.165, 1.54) is 38.8 Å².